The minimum Gasteiger partial charge on any atom is -0.465 e. The van der Waals surface area contributed by atoms with Gasteiger partial charge in [0, 0.05) is 10.0 Å². The van der Waals surface area contributed by atoms with Crippen LogP contribution in [0.25, 0.3) is 0 Å². The lowest BCUT2D eigenvalue weighted by molar-refractivity contribution is 0.0602. The Morgan fingerprint density at radius 3 is 2.41 bits per heavy atom. The molecule has 0 radical (unpaired) electrons. The summed E-state index contributed by atoms with van der Waals surface area (Å²) in [6, 6.07) is 9.92. The number of anilines is 1. The molecule has 0 heterocycles. The number of hydrogen-bond donors (Lipinski definition) is 1. The Morgan fingerprint density at radius 2 is 1.77 bits per heavy atom. The third-order valence-electron chi connectivity index (χ3n) is 2.74. The molecule has 0 fully saturated rings. The average Bonchev–Trinajstić information content (AvgIpc) is 2.46. The molecule has 0 aliphatic heterocycles. The Morgan fingerprint density at radius 1 is 1.09 bits per heavy atom. The minimum absolute atomic E-state index is 0.0272. The number of methoxy groups -OCH3 is 1. The van der Waals surface area contributed by atoms with Crippen molar-refractivity contribution in [3.8, 4) is 0 Å². The normalized spacial score (nSPS) is 11.0. The van der Waals surface area contributed by atoms with Crippen molar-refractivity contribution in [2.75, 3.05) is 11.8 Å². The van der Waals surface area contributed by atoms with Crippen molar-refractivity contribution in [1.82, 2.24) is 0 Å². The third-order valence-corrected chi connectivity index (χ3v) is 4.57. The van der Waals surface area contributed by atoms with Gasteiger partial charge >= 0.3 is 5.97 Å². The van der Waals surface area contributed by atoms with E-state index in [0.717, 1.165) is 0 Å². The molecule has 0 unspecified atom stereocenters. The molecule has 0 atom stereocenters. The second-order valence-corrected chi connectivity index (χ2v) is 6.80. The van der Waals surface area contributed by atoms with Gasteiger partial charge in [-0.25, -0.2) is 13.2 Å². The molecule has 0 aliphatic carbocycles. The van der Waals surface area contributed by atoms with E-state index in [0.29, 0.717) is 0 Å². The second kappa shape index (κ2) is 6.56. The number of benzene rings is 2. The van der Waals surface area contributed by atoms with Gasteiger partial charge in [0.15, 0.2) is 0 Å². The van der Waals surface area contributed by atoms with Gasteiger partial charge < -0.3 is 4.74 Å². The summed E-state index contributed by atoms with van der Waals surface area (Å²) in [5.41, 5.74) is 0.0804. The lowest BCUT2D eigenvalue weighted by atomic mass is 10.2. The fraction of sp³-hybridized carbons (Fsp3) is 0.0714. The van der Waals surface area contributed by atoms with Crippen LogP contribution < -0.4 is 4.72 Å². The van der Waals surface area contributed by atoms with Crippen LogP contribution in [0.15, 0.2) is 47.4 Å². The van der Waals surface area contributed by atoms with Crippen molar-refractivity contribution < 1.29 is 17.9 Å². The molecule has 0 aliphatic rings. The first-order chi connectivity index (χ1) is 10.3. The first-order valence-corrected chi connectivity index (χ1v) is 8.23. The molecule has 2 aromatic carbocycles. The zero-order valence-electron chi connectivity index (χ0n) is 11.3. The summed E-state index contributed by atoms with van der Waals surface area (Å²) in [6.07, 6.45) is 0. The van der Waals surface area contributed by atoms with Crippen molar-refractivity contribution in [2.45, 2.75) is 4.90 Å². The van der Waals surface area contributed by atoms with Crippen molar-refractivity contribution >= 4 is 44.9 Å². The molecule has 2 aromatic rings. The second-order valence-electron chi connectivity index (χ2n) is 4.24. The van der Waals surface area contributed by atoms with Gasteiger partial charge in [0.05, 0.1) is 23.3 Å². The van der Waals surface area contributed by atoms with Crippen molar-refractivity contribution in [3.63, 3.8) is 0 Å². The zero-order chi connectivity index (χ0) is 16.3. The summed E-state index contributed by atoms with van der Waals surface area (Å²) in [5, 5.41) is 0.554. The molecule has 0 saturated carbocycles. The van der Waals surface area contributed by atoms with E-state index in [1.54, 1.807) is 6.07 Å². The molecule has 116 valence electrons. The van der Waals surface area contributed by atoms with Gasteiger partial charge in [-0.15, -0.1) is 0 Å². The number of halogens is 2. The summed E-state index contributed by atoms with van der Waals surface area (Å²) in [5.74, 6) is -0.680. The van der Waals surface area contributed by atoms with E-state index in [9.17, 15) is 13.2 Å². The predicted octanol–water partition coefficient (Wildman–Crippen LogP) is 3.58. The van der Waals surface area contributed by atoms with E-state index in [1.165, 1.54) is 43.5 Å². The molecule has 0 amide bonds. The standard InChI is InChI=1S/C14H11Cl2NO4S/c1-21-14(18)12-6-5-10(16)8-13(12)17-22(19,20)11-4-2-3-9(15)7-11/h2-8,17H,1H3. The lowest BCUT2D eigenvalue weighted by Crippen LogP contribution is -2.16. The molecule has 5 nitrogen and oxygen atoms in total. The van der Waals surface area contributed by atoms with Gasteiger partial charge in [-0.2, -0.15) is 0 Å². The molecule has 0 bridgehead atoms. The Kier molecular flexibility index (Phi) is 4.95. The Bertz CT molecular complexity index is 821. The molecule has 2 rings (SSSR count). The maximum absolute atomic E-state index is 12.4. The predicted molar refractivity (Wildman–Crippen MR) is 85.1 cm³/mol. The number of rotatable bonds is 4. The molecule has 22 heavy (non-hydrogen) atoms. The van der Waals surface area contributed by atoms with Crippen molar-refractivity contribution in [1.29, 1.82) is 0 Å². The first-order valence-electron chi connectivity index (χ1n) is 6.00. The summed E-state index contributed by atoms with van der Waals surface area (Å²) in [4.78, 5) is 11.7. The number of carbonyl (C=O) groups is 1. The van der Waals surface area contributed by atoms with E-state index >= 15 is 0 Å². The Balaban J connectivity index is 2.45. The number of carbonyl (C=O) groups excluding carboxylic acids is 1. The van der Waals surface area contributed by atoms with E-state index in [4.69, 9.17) is 23.2 Å². The largest absolute Gasteiger partial charge is 0.465 e. The summed E-state index contributed by atoms with van der Waals surface area (Å²) >= 11 is 11.7. The van der Waals surface area contributed by atoms with E-state index in [-0.39, 0.29) is 26.2 Å². The smallest absolute Gasteiger partial charge is 0.339 e. The molecular weight excluding hydrogens is 349 g/mol. The SMILES string of the molecule is COC(=O)c1ccc(Cl)cc1NS(=O)(=O)c1cccc(Cl)c1. The van der Waals surface area contributed by atoms with Crippen LogP contribution in [0.5, 0.6) is 0 Å². The maximum atomic E-state index is 12.4. The summed E-state index contributed by atoms with van der Waals surface area (Å²) in [6.45, 7) is 0. The number of hydrogen-bond acceptors (Lipinski definition) is 4. The highest BCUT2D eigenvalue weighted by molar-refractivity contribution is 7.92. The van der Waals surface area contributed by atoms with Gasteiger partial charge in [-0.3, -0.25) is 4.72 Å². The van der Waals surface area contributed by atoms with E-state index in [1.807, 2.05) is 0 Å². The highest BCUT2D eigenvalue weighted by Crippen LogP contribution is 2.25. The van der Waals surface area contributed by atoms with Crippen LogP contribution in [0.2, 0.25) is 10.0 Å². The van der Waals surface area contributed by atoms with E-state index < -0.39 is 16.0 Å². The van der Waals surface area contributed by atoms with Gasteiger partial charge in [-0.1, -0.05) is 29.3 Å². The quantitative estimate of drug-likeness (QED) is 0.846. The number of esters is 1. The highest BCUT2D eigenvalue weighted by atomic mass is 35.5. The van der Waals surface area contributed by atoms with Crippen LogP contribution in [0.1, 0.15) is 10.4 Å². The van der Waals surface area contributed by atoms with Crippen molar-refractivity contribution in [3.05, 3.63) is 58.1 Å². The van der Waals surface area contributed by atoms with Crippen LogP contribution in [0, 0.1) is 0 Å². The van der Waals surface area contributed by atoms with Crippen molar-refractivity contribution in [2.24, 2.45) is 0 Å². The van der Waals surface area contributed by atoms with Crippen LogP contribution in [-0.4, -0.2) is 21.5 Å². The fourth-order valence-corrected chi connectivity index (χ4v) is 3.27. The lowest BCUT2D eigenvalue weighted by Gasteiger charge is -2.12. The Hall–Kier alpha value is -1.76. The topological polar surface area (TPSA) is 72.5 Å². The minimum atomic E-state index is -3.92. The number of nitrogens with one attached hydrogen (secondary N) is 1. The monoisotopic (exact) mass is 359 g/mol. The van der Waals surface area contributed by atoms with Gasteiger partial charge in [0.25, 0.3) is 10.0 Å². The molecule has 0 aromatic heterocycles. The van der Waals surface area contributed by atoms with Crippen LogP contribution >= 0.6 is 23.2 Å². The van der Waals surface area contributed by atoms with Gasteiger partial charge in [0.2, 0.25) is 0 Å². The van der Waals surface area contributed by atoms with Crippen LogP contribution in [0.4, 0.5) is 5.69 Å². The molecule has 0 spiro atoms. The Labute approximate surface area is 137 Å². The molecule has 1 N–H and O–H groups in total. The molecular formula is C14H11Cl2NO4S. The maximum Gasteiger partial charge on any atom is 0.339 e. The molecule has 0 saturated heterocycles. The van der Waals surface area contributed by atoms with E-state index in [2.05, 4.69) is 9.46 Å². The zero-order valence-corrected chi connectivity index (χ0v) is 13.7. The third kappa shape index (κ3) is 3.71. The summed E-state index contributed by atoms with van der Waals surface area (Å²) < 4.78 is 31.7. The fourth-order valence-electron chi connectivity index (χ4n) is 1.73. The highest BCUT2D eigenvalue weighted by Gasteiger charge is 2.19. The molecule has 8 heteroatoms. The van der Waals surface area contributed by atoms with Gasteiger partial charge in [0.1, 0.15) is 0 Å². The average molecular weight is 360 g/mol. The first kappa shape index (κ1) is 16.6. The van der Waals surface area contributed by atoms with Gasteiger partial charge in [-0.05, 0) is 36.4 Å². The number of ether oxygens (including phenoxy) is 1. The number of sulfonamides is 1. The summed E-state index contributed by atoms with van der Waals surface area (Å²) in [7, 11) is -2.72. The van der Waals surface area contributed by atoms with Crippen LogP contribution in [0.3, 0.4) is 0 Å². The van der Waals surface area contributed by atoms with Crippen LogP contribution in [-0.2, 0) is 14.8 Å².